The molecular formula is C21H18ClNO6. The first-order valence-corrected chi connectivity index (χ1v) is 9.39. The summed E-state index contributed by atoms with van der Waals surface area (Å²) in [6.07, 6.45) is -0.852. The Morgan fingerprint density at radius 1 is 1.14 bits per heavy atom. The number of aryl methyl sites for hydroxylation is 1. The second kappa shape index (κ2) is 7.67. The first-order chi connectivity index (χ1) is 13.9. The van der Waals surface area contributed by atoms with E-state index in [9.17, 15) is 9.59 Å². The van der Waals surface area contributed by atoms with Gasteiger partial charge in [-0.25, -0.2) is 4.79 Å². The molecule has 29 heavy (non-hydrogen) atoms. The highest BCUT2D eigenvalue weighted by molar-refractivity contribution is 6.32. The van der Waals surface area contributed by atoms with Crippen LogP contribution >= 0.6 is 11.6 Å². The van der Waals surface area contributed by atoms with Crippen molar-refractivity contribution in [1.29, 1.82) is 0 Å². The first kappa shape index (κ1) is 19.1. The number of anilines is 1. The molecule has 0 fully saturated rings. The van der Waals surface area contributed by atoms with Crippen molar-refractivity contribution in [3.8, 4) is 17.2 Å². The van der Waals surface area contributed by atoms with Crippen LogP contribution in [0.25, 0.3) is 11.0 Å². The van der Waals surface area contributed by atoms with Gasteiger partial charge in [0.25, 0.3) is 5.91 Å². The van der Waals surface area contributed by atoms with Gasteiger partial charge < -0.3 is 23.9 Å². The Bertz CT molecular complexity index is 1160. The Labute approximate surface area is 171 Å². The van der Waals surface area contributed by atoms with Crippen molar-refractivity contribution in [2.75, 3.05) is 18.5 Å². The lowest BCUT2D eigenvalue weighted by molar-refractivity contribution is -0.122. The average Bonchev–Trinajstić information content (AvgIpc) is 2.69. The number of amides is 1. The zero-order valence-corrected chi connectivity index (χ0v) is 16.5. The molecule has 0 bridgehead atoms. The minimum atomic E-state index is -0.852. The van der Waals surface area contributed by atoms with Crippen molar-refractivity contribution in [1.82, 2.24) is 0 Å². The summed E-state index contributed by atoms with van der Waals surface area (Å²) in [5.74, 6) is 1.09. The molecule has 0 saturated heterocycles. The Morgan fingerprint density at radius 2 is 1.90 bits per heavy atom. The molecule has 0 aliphatic carbocycles. The second-order valence-electron chi connectivity index (χ2n) is 6.64. The van der Waals surface area contributed by atoms with E-state index in [4.69, 9.17) is 30.2 Å². The topological polar surface area (TPSA) is 87.0 Å². The Morgan fingerprint density at radius 3 is 2.69 bits per heavy atom. The lowest BCUT2D eigenvalue weighted by Crippen LogP contribution is -2.30. The lowest BCUT2D eigenvalue weighted by Gasteiger charge is -2.20. The molecule has 0 spiro atoms. The number of hydrogen-bond acceptors (Lipinski definition) is 6. The van der Waals surface area contributed by atoms with E-state index in [1.54, 1.807) is 38.1 Å². The quantitative estimate of drug-likeness (QED) is 0.649. The van der Waals surface area contributed by atoms with E-state index >= 15 is 0 Å². The van der Waals surface area contributed by atoms with Gasteiger partial charge in [-0.3, -0.25) is 4.79 Å². The van der Waals surface area contributed by atoms with Crippen molar-refractivity contribution < 1.29 is 23.4 Å². The Hall–Kier alpha value is -3.19. The highest BCUT2D eigenvalue weighted by Crippen LogP contribution is 2.33. The van der Waals surface area contributed by atoms with Crippen LogP contribution in [0.1, 0.15) is 12.5 Å². The maximum Gasteiger partial charge on any atom is 0.336 e. The number of rotatable bonds is 4. The molecule has 7 nitrogen and oxygen atoms in total. The number of benzene rings is 2. The molecule has 1 aliphatic rings. The molecular weight excluding hydrogens is 398 g/mol. The van der Waals surface area contributed by atoms with Crippen molar-refractivity contribution >= 4 is 34.2 Å². The van der Waals surface area contributed by atoms with Gasteiger partial charge in [0.1, 0.15) is 24.5 Å². The molecule has 0 unspecified atom stereocenters. The minimum Gasteiger partial charge on any atom is -0.486 e. The van der Waals surface area contributed by atoms with Gasteiger partial charge in [0.15, 0.2) is 17.6 Å². The summed E-state index contributed by atoms with van der Waals surface area (Å²) in [6, 6.07) is 9.71. The predicted octanol–water partition coefficient (Wildman–Crippen LogP) is 3.93. The van der Waals surface area contributed by atoms with Crippen molar-refractivity contribution in [3.63, 3.8) is 0 Å². The van der Waals surface area contributed by atoms with Crippen LogP contribution in [0.2, 0.25) is 5.02 Å². The fourth-order valence-electron chi connectivity index (χ4n) is 3.02. The van der Waals surface area contributed by atoms with Crippen LogP contribution in [-0.2, 0) is 4.79 Å². The van der Waals surface area contributed by atoms with E-state index in [-0.39, 0.29) is 11.7 Å². The number of carbonyl (C=O) groups is 1. The molecule has 2 aromatic carbocycles. The van der Waals surface area contributed by atoms with Crippen LogP contribution in [0.3, 0.4) is 0 Å². The molecule has 4 rings (SSSR count). The summed E-state index contributed by atoms with van der Waals surface area (Å²) >= 11 is 6.30. The smallest absolute Gasteiger partial charge is 0.336 e. The monoisotopic (exact) mass is 415 g/mol. The van der Waals surface area contributed by atoms with Gasteiger partial charge in [0.2, 0.25) is 0 Å². The molecule has 1 amide bonds. The summed E-state index contributed by atoms with van der Waals surface area (Å²) in [7, 11) is 0. The van der Waals surface area contributed by atoms with E-state index in [1.165, 1.54) is 12.1 Å². The molecule has 1 aliphatic heterocycles. The molecule has 150 valence electrons. The van der Waals surface area contributed by atoms with Gasteiger partial charge >= 0.3 is 5.63 Å². The number of ether oxygens (including phenoxy) is 3. The second-order valence-corrected chi connectivity index (χ2v) is 7.04. The number of halogens is 1. The summed E-state index contributed by atoms with van der Waals surface area (Å²) in [5, 5.41) is 3.79. The Kier molecular flexibility index (Phi) is 5.07. The van der Waals surface area contributed by atoms with Crippen molar-refractivity contribution in [2.24, 2.45) is 0 Å². The van der Waals surface area contributed by atoms with E-state index in [0.717, 1.165) is 5.56 Å². The van der Waals surface area contributed by atoms with Gasteiger partial charge in [-0.05, 0) is 37.6 Å². The first-order valence-electron chi connectivity index (χ1n) is 9.02. The van der Waals surface area contributed by atoms with Crippen LogP contribution in [0, 0.1) is 6.92 Å². The fraction of sp³-hybridized carbons (Fsp3) is 0.238. The van der Waals surface area contributed by atoms with Crippen LogP contribution in [0.4, 0.5) is 5.69 Å². The highest BCUT2D eigenvalue weighted by Gasteiger charge is 2.19. The van der Waals surface area contributed by atoms with Gasteiger partial charge in [0.05, 0.1) is 5.02 Å². The summed E-state index contributed by atoms with van der Waals surface area (Å²) in [6.45, 7) is 4.34. The fourth-order valence-corrected chi connectivity index (χ4v) is 3.23. The van der Waals surface area contributed by atoms with Crippen molar-refractivity contribution in [2.45, 2.75) is 20.0 Å². The molecule has 1 atom stereocenters. The maximum absolute atomic E-state index is 12.5. The van der Waals surface area contributed by atoms with Gasteiger partial charge in [-0.1, -0.05) is 11.6 Å². The van der Waals surface area contributed by atoms with Crippen LogP contribution in [0.5, 0.6) is 17.2 Å². The third-order valence-corrected chi connectivity index (χ3v) is 4.78. The largest absolute Gasteiger partial charge is 0.486 e. The van der Waals surface area contributed by atoms with E-state index < -0.39 is 11.7 Å². The molecule has 1 aromatic heterocycles. The molecule has 8 heteroatoms. The standard InChI is InChI=1S/C21H18ClNO6/c1-11-7-20(24)29-17-10-18(15(22)9-14(11)17)28-12(2)21(25)23-13-3-4-16-19(8-13)27-6-5-26-16/h3-4,7-10,12H,5-6H2,1-2H3,(H,23,25)/t12-/m1/s1. The van der Waals surface area contributed by atoms with E-state index in [1.807, 2.05) is 0 Å². The lowest BCUT2D eigenvalue weighted by atomic mass is 10.1. The molecule has 0 radical (unpaired) electrons. The Balaban J connectivity index is 1.51. The number of hydrogen-bond donors (Lipinski definition) is 1. The van der Waals surface area contributed by atoms with Crippen LogP contribution in [0.15, 0.2) is 45.6 Å². The van der Waals surface area contributed by atoms with Gasteiger partial charge in [0, 0.05) is 29.3 Å². The maximum atomic E-state index is 12.5. The third-order valence-electron chi connectivity index (χ3n) is 4.49. The zero-order valence-electron chi connectivity index (χ0n) is 15.8. The summed E-state index contributed by atoms with van der Waals surface area (Å²) in [5.41, 5.74) is 1.18. The number of carbonyl (C=O) groups excluding carboxylic acids is 1. The van der Waals surface area contributed by atoms with Crippen LogP contribution in [-0.4, -0.2) is 25.2 Å². The molecule has 0 saturated carbocycles. The average molecular weight is 416 g/mol. The highest BCUT2D eigenvalue weighted by atomic mass is 35.5. The zero-order chi connectivity index (χ0) is 20.5. The minimum absolute atomic E-state index is 0.248. The SMILES string of the molecule is Cc1cc(=O)oc2cc(O[C@H](C)C(=O)Nc3ccc4c(c3)OCCO4)c(Cl)cc12. The van der Waals surface area contributed by atoms with E-state index in [0.29, 0.717) is 46.4 Å². The summed E-state index contributed by atoms with van der Waals surface area (Å²) in [4.78, 5) is 24.2. The van der Waals surface area contributed by atoms with Crippen LogP contribution < -0.4 is 25.2 Å². The molecule has 3 aromatic rings. The van der Waals surface area contributed by atoms with Gasteiger partial charge in [-0.2, -0.15) is 0 Å². The number of fused-ring (bicyclic) bond motifs is 2. The third kappa shape index (κ3) is 4.00. The predicted molar refractivity (Wildman–Crippen MR) is 108 cm³/mol. The van der Waals surface area contributed by atoms with Gasteiger partial charge in [-0.15, -0.1) is 0 Å². The molecule has 1 N–H and O–H groups in total. The van der Waals surface area contributed by atoms with E-state index in [2.05, 4.69) is 5.32 Å². The normalized spacial score (nSPS) is 13.8. The molecule has 2 heterocycles. The summed E-state index contributed by atoms with van der Waals surface area (Å²) < 4.78 is 21.9. The van der Waals surface area contributed by atoms with Crippen molar-refractivity contribution in [3.05, 3.63) is 57.4 Å². The number of nitrogens with one attached hydrogen (secondary N) is 1.